The summed E-state index contributed by atoms with van der Waals surface area (Å²) < 4.78 is 12.0. The van der Waals surface area contributed by atoms with Crippen LogP contribution in [0, 0.1) is 11.3 Å². The van der Waals surface area contributed by atoms with Crippen LogP contribution in [0.1, 0.15) is 23.9 Å². The number of aromatic nitrogens is 6. The first-order valence-electron chi connectivity index (χ1n) is 11.2. The number of anilines is 1. The molecule has 36 heavy (non-hydrogen) atoms. The summed E-state index contributed by atoms with van der Waals surface area (Å²) in [7, 11) is 1.62. The Morgan fingerprint density at radius 2 is 1.86 bits per heavy atom. The van der Waals surface area contributed by atoms with Crippen LogP contribution in [0.4, 0.5) is 5.95 Å². The molecule has 0 fully saturated rings. The van der Waals surface area contributed by atoms with Crippen LogP contribution < -0.4 is 5.32 Å². The van der Waals surface area contributed by atoms with E-state index >= 15 is 0 Å². The zero-order valence-corrected chi connectivity index (χ0v) is 19.9. The summed E-state index contributed by atoms with van der Waals surface area (Å²) in [5, 5.41) is 20.4. The smallest absolute Gasteiger partial charge is 0.252 e. The minimum Gasteiger partial charge on any atom is -0.378 e. The molecule has 182 valence electrons. The van der Waals surface area contributed by atoms with Gasteiger partial charge in [-0.15, -0.1) is 5.10 Å². The third kappa shape index (κ3) is 6.32. The Kier molecular flexibility index (Phi) is 8.02. The lowest BCUT2D eigenvalue weighted by Crippen LogP contribution is -2.20. The average molecular weight is 485 g/mol. The molecule has 0 bridgehead atoms. The van der Waals surface area contributed by atoms with Gasteiger partial charge in [-0.05, 0) is 37.3 Å². The number of pyridine rings is 1. The fraction of sp³-hybridized carbons (Fsp3) is 0.240. The molecule has 0 atom stereocenters. The number of ether oxygens (including phenoxy) is 2. The summed E-state index contributed by atoms with van der Waals surface area (Å²) in [5.41, 5.74) is 4.29. The molecule has 0 saturated heterocycles. The molecule has 11 nitrogen and oxygen atoms in total. The number of carbonyl (C=O) groups is 1. The molecule has 0 spiro atoms. The summed E-state index contributed by atoms with van der Waals surface area (Å²) in [5.74, 6) is -0.283. The zero-order chi connectivity index (χ0) is 25.3. The van der Waals surface area contributed by atoms with Crippen molar-refractivity contribution in [3.05, 3.63) is 71.7 Å². The molecule has 0 unspecified atom stereocenters. The van der Waals surface area contributed by atoms with Crippen LogP contribution in [0.3, 0.4) is 0 Å². The minimum atomic E-state index is -0.378. The van der Waals surface area contributed by atoms with Crippen molar-refractivity contribution in [1.29, 1.82) is 5.26 Å². The molecule has 0 aliphatic heterocycles. The van der Waals surface area contributed by atoms with Crippen molar-refractivity contribution in [3.63, 3.8) is 0 Å². The van der Waals surface area contributed by atoms with E-state index in [9.17, 15) is 10.1 Å². The first-order chi connectivity index (χ1) is 17.6. The van der Waals surface area contributed by atoms with E-state index in [2.05, 4.69) is 36.7 Å². The van der Waals surface area contributed by atoms with Gasteiger partial charge in [0.05, 0.1) is 53.8 Å². The van der Waals surface area contributed by atoms with Gasteiger partial charge in [-0.25, -0.2) is 14.6 Å². The molecule has 1 N–H and O–H groups in total. The van der Waals surface area contributed by atoms with Crippen LogP contribution in [0.2, 0.25) is 0 Å². The SMILES string of the molecule is CCOCC(=O)Nc1nc(-c2cccc(C#N)c2)cc(-c2cn(Cc3cccc(COC)n3)nn2)n1. The quantitative estimate of drug-likeness (QED) is 0.360. The second kappa shape index (κ2) is 11.7. The molecule has 3 heterocycles. The van der Waals surface area contributed by atoms with Crippen molar-refractivity contribution < 1.29 is 14.3 Å². The Hall–Kier alpha value is -4.53. The van der Waals surface area contributed by atoms with Crippen molar-refractivity contribution in [2.75, 3.05) is 25.6 Å². The topological polar surface area (TPSA) is 141 Å². The first-order valence-corrected chi connectivity index (χ1v) is 11.2. The van der Waals surface area contributed by atoms with E-state index in [0.717, 1.165) is 11.4 Å². The molecule has 0 aliphatic rings. The Labute approximate surface area is 207 Å². The van der Waals surface area contributed by atoms with Crippen LogP contribution in [-0.4, -0.2) is 56.2 Å². The van der Waals surface area contributed by atoms with E-state index in [1.807, 2.05) is 24.3 Å². The predicted octanol–water partition coefficient (Wildman–Crippen LogP) is 2.84. The van der Waals surface area contributed by atoms with E-state index in [4.69, 9.17) is 9.47 Å². The molecule has 4 aromatic rings. The van der Waals surface area contributed by atoms with Crippen LogP contribution >= 0.6 is 0 Å². The second-order valence-electron chi connectivity index (χ2n) is 7.69. The molecule has 1 amide bonds. The Balaban J connectivity index is 1.65. The van der Waals surface area contributed by atoms with Gasteiger partial charge < -0.3 is 9.47 Å². The molecule has 0 saturated carbocycles. The second-order valence-corrected chi connectivity index (χ2v) is 7.69. The zero-order valence-electron chi connectivity index (χ0n) is 19.9. The lowest BCUT2D eigenvalue weighted by atomic mass is 10.1. The Bertz CT molecular complexity index is 1400. The maximum Gasteiger partial charge on any atom is 0.252 e. The van der Waals surface area contributed by atoms with E-state index < -0.39 is 0 Å². The van der Waals surface area contributed by atoms with Crippen molar-refractivity contribution in [1.82, 2.24) is 29.9 Å². The number of amides is 1. The van der Waals surface area contributed by atoms with Crippen LogP contribution in [-0.2, 0) is 27.4 Å². The third-order valence-corrected chi connectivity index (χ3v) is 4.98. The van der Waals surface area contributed by atoms with Crippen molar-refractivity contribution in [2.24, 2.45) is 0 Å². The number of rotatable bonds is 10. The van der Waals surface area contributed by atoms with Crippen LogP contribution in [0.5, 0.6) is 0 Å². The summed E-state index contributed by atoms with van der Waals surface area (Å²) >= 11 is 0. The number of carbonyl (C=O) groups excluding carboxylic acids is 1. The summed E-state index contributed by atoms with van der Waals surface area (Å²) in [4.78, 5) is 25.7. The molecule has 4 rings (SSSR count). The highest BCUT2D eigenvalue weighted by Crippen LogP contribution is 2.25. The highest BCUT2D eigenvalue weighted by Gasteiger charge is 2.14. The fourth-order valence-corrected chi connectivity index (χ4v) is 3.39. The van der Waals surface area contributed by atoms with Gasteiger partial charge in [0.15, 0.2) is 0 Å². The van der Waals surface area contributed by atoms with E-state index in [1.54, 1.807) is 49.2 Å². The number of methoxy groups -OCH3 is 1. The summed E-state index contributed by atoms with van der Waals surface area (Å²) in [6.07, 6.45) is 1.74. The fourth-order valence-electron chi connectivity index (χ4n) is 3.39. The average Bonchev–Trinajstić information content (AvgIpc) is 3.36. The van der Waals surface area contributed by atoms with Crippen molar-refractivity contribution in [2.45, 2.75) is 20.1 Å². The number of hydrogen-bond donors (Lipinski definition) is 1. The Morgan fingerprint density at radius 3 is 2.67 bits per heavy atom. The van der Waals surface area contributed by atoms with Crippen LogP contribution in [0.25, 0.3) is 22.6 Å². The molecular weight excluding hydrogens is 460 g/mol. The van der Waals surface area contributed by atoms with Gasteiger partial charge in [0.2, 0.25) is 5.95 Å². The maximum absolute atomic E-state index is 12.2. The number of hydrogen-bond acceptors (Lipinski definition) is 9. The molecule has 0 radical (unpaired) electrons. The van der Waals surface area contributed by atoms with Crippen LogP contribution in [0.15, 0.2) is 54.7 Å². The number of nitrogens with zero attached hydrogens (tertiary/aromatic N) is 7. The molecule has 1 aromatic carbocycles. The van der Waals surface area contributed by atoms with Gasteiger partial charge in [-0.2, -0.15) is 5.26 Å². The highest BCUT2D eigenvalue weighted by molar-refractivity contribution is 5.90. The van der Waals surface area contributed by atoms with Crippen molar-refractivity contribution in [3.8, 4) is 28.7 Å². The van der Waals surface area contributed by atoms with E-state index in [0.29, 0.717) is 48.0 Å². The standard InChI is InChI=1S/C25H24N8O3/c1-3-36-16-24(34)30-25-28-21(18-7-4-6-17(10-18)12-26)11-22(29-25)23-14-33(32-31-23)13-19-8-5-9-20(27-19)15-35-2/h4-11,14H,3,13,15-16H2,1-2H3,(H,28,29,30,34). The molecular formula is C25H24N8O3. The molecule has 11 heteroatoms. The lowest BCUT2D eigenvalue weighted by Gasteiger charge is -2.09. The number of benzene rings is 1. The van der Waals surface area contributed by atoms with Gasteiger partial charge in [-0.1, -0.05) is 23.4 Å². The summed E-state index contributed by atoms with van der Waals surface area (Å²) in [6.45, 7) is 2.93. The van der Waals surface area contributed by atoms with Gasteiger partial charge in [0, 0.05) is 19.3 Å². The largest absolute Gasteiger partial charge is 0.378 e. The highest BCUT2D eigenvalue weighted by atomic mass is 16.5. The minimum absolute atomic E-state index is 0.0954. The number of nitriles is 1. The Morgan fingerprint density at radius 1 is 1.06 bits per heavy atom. The predicted molar refractivity (Wildman–Crippen MR) is 130 cm³/mol. The van der Waals surface area contributed by atoms with Gasteiger partial charge >= 0.3 is 0 Å². The van der Waals surface area contributed by atoms with E-state index in [-0.39, 0.29) is 18.5 Å². The van der Waals surface area contributed by atoms with E-state index in [1.165, 1.54) is 0 Å². The number of nitrogens with one attached hydrogen (secondary N) is 1. The lowest BCUT2D eigenvalue weighted by molar-refractivity contribution is -0.120. The maximum atomic E-state index is 12.2. The van der Waals surface area contributed by atoms with Gasteiger partial charge in [-0.3, -0.25) is 15.1 Å². The molecule has 3 aromatic heterocycles. The van der Waals surface area contributed by atoms with Crippen molar-refractivity contribution >= 4 is 11.9 Å². The normalized spacial score (nSPS) is 10.7. The van der Waals surface area contributed by atoms with Gasteiger partial charge in [0.1, 0.15) is 12.3 Å². The first kappa shape index (κ1) is 24.6. The van der Waals surface area contributed by atoms with Gasteiger partial charge in [0.25, 0.3) is 5.91 Å². The monoisotopic (exact) mass is 484 g/mol. The summed E-state index contributed by atoms with van der Waals surface area (Å²) in [6, 6.07) is 16.6. The third-order valence-electron chi connectivity index (χ3n) is 4.98. The molecule has 0 aliphatic carbocycles.